The first-order valence-corrected chi connectivity index (χ1v) is 5.58. The Balaban J connectivity index is 2.24. The highest BCUT2D eigenvalue weighted by molar-refractivity contribution is 6.04. The molecule has 0 saturated carbocycles. The molecule has 0 atom stereocenters. The fourth-order valence-corrected chi connectivity index (χ4v) is 1.65. The molecule has 4 heteroatoms. The summed E-state index contributed by atoms with van der Waals surface area (Å²) in [6, 6.07) is 9.43. The van der Waals surface area contributed by atoms with Crippen LogP contribution in [0.1, 0.15) is 21.7 Å². The van der Waals surface area contributed by atoms with Gasteiger partial charge in [-0.05, 0) is 38.1 Å². The van der Waals surface area contributed by atoms with Gasteiger partial charge in [-0.1, -0.05) is 12.1 Å². The number of carbonyl (C=O) groups excluding carboxylic acids is 1. The molecule has 0 aliphatic rings. The number of nitrogens with zero attached hydrogens (tertiary/aromatic N) is 1. The van der Waals surface area contributed by atoms with E-state index in [1.54, 1.807) is 31.2 Å². The minimum Gasteiger partial charge on any atom is -0.320 e. The summed E-state index contributed by atoms with van der Waals surface area (Å²) in [7, 11) is 0. The molecule has 2 aromatic rings. The van der Waals surface area contributed by atoms with Gasteiger partial charge in [0.15, 0.2) is 0 Å². The molecule has 0 bridgehead atoms. The lowest BCUT2D eigenvalue weighted by Gasteiger charge is -2.08. The molecule has 18 heavy (non-hydrogen) atoms. The lowest BCUT2D eigenvalue weighted by atomic mass is 10.2. The molecule has 2 rings (SSSR count). The first kappa shape index (κ1) is 12.2. The standard InChI is InChI=1S/C14H13FN2O/c1-9-7-8-13(10(2)16-9)17-14(18)11-5-3-4-6-12(11)15/h3-8H,1-2H3,(H,17,18). The van der Waals surface area contributed by atoms with Crippen LogP contribution in [0.15, 0.2) is 36.4 Å². The van der Waals surface area contributed by atoms with Crippen LogP contribution in [-0.4, -0.2) is 10.9 Å². The van der Waals surface area contributed by atoms with Gasteiger partial charge in [0, 0.05) is 5.69 Å². The summed E-state index contributed by atoms with van der Waals surface area (Å²) in [6.45, 7) is 3.67. The highest BCUT2D eigenvalue weighted by Gasteiger charge is 2.12. The fraction of sp³-hybridized carbons (Fsp3) is 0.143. The number of aromatic nitrogens is 1. The Kier molecular flexibility index (Phi) is 3.37. The van der Waals surface area contributed by atoms with E-state index in [1.807, 2.05) is 6.92 Å². The number of pyridine rings is 1. The monoisotopic (exact) mass is 244 g/mol. The largest absolute Gasteiger partial charge is 0.320 e. The molecular formula is C14H13FN2O. The summed E-state index contributed by atoms with van der Waals surface area (Å²) in [6.07, 6.45) is 0. The molecule has 0 unspecified atom stereocenters. The molecule has 0 radical (unpaired) electrons. The van der Waals surface area contributed by atoms with Gasteiger partial charge in [0.1, 0.15) is 5.82 Å². The average molecular weight is 244 g/mol. The Bertz CT molecular complexity index is 596. The van der Waals surface area contributed by atoms with E-state index in [0.29, 0.717) is 11.4 Å². The van der Waals surface area contributed by atoms with E-state index >= 15 is 0 Å². The van der Waals surface area contributed by atoms with E-state index in [-0.39, 0.29) is 5.56 Å². The smallest absolute Gasteiger partial charge is 0.258 e. The highest BCUT2D eigenvalue weighted by atomic mass is 19.1. The van der Waals surface area contributed by atoms with Crippen molar-refractivity contribution >= 4 is 11.6 Å². The normalized spacial score (nSPS) is 10.2. The number of amides is 1. The van der Waals surface area contributed by atoms with Crippen LogP contribution in [0.5, 0.6) is 0 Å². The molecule has 0 aliphatic carbocycles. The van der Waals surface area contributed by atoms with Crippen LogP contribution in [0.2, 0.25) is 0 Å². The van der Waals surface area contributed by atoms with Gasteiger partial charge in [0.2, 0.25) is 0 Å². The number of rotatable bonds is 2. The molecule has 1 aromatic carbocycles. The maximum atomic E-state index is 13.4. The molecule has 0 saturated heterocycles. The predicted octanol–water partition coefficient (Wildman–Crippen LogP) is 3.09. The Morgan fingerprint density at radius 1 is 1.17 bits per heavy atom. The Morgan fingerprint density at radius 2 is 1.89 bits per heavy atom. The maximum Gasteiger partial charge on any atom is 0.258 e. The molecule has 92 valence electrons. The van der Waals surface area contributed by atoms with Gasteiger partial charge < -0.3 is 5.32 Å². The van der Waals surface area contributed by atoms with Crippen molar-refractivity contribution in [2.75, 3.05) is 5.32 Å². The van der Waals surface area contributed by atoms with Crippen molar-refractivity contribution in [1.29, 1.82) is 0 Å². The molecule has 0 fully saturated rings. The maximum absolute atomic E-state index is 13.4. The van der Waals surface area contributed by atoms with Gasteiger partial charge >= 0.3 is 0 Å². The van der Waals surface area contributed by atoms with Crippen molar-refractivity contribution in [2.24, 2.45) is 0 Å². The number of carbonyl (C=O) groups is 1. The number of nitrogens with one attached hydrogen (secondary N) is 1. The number of anilines is 1. The van der Waals surface area contributed by atoms with Gasteiger partial charge in [-0.2, -0.15) is 0 Å². The Labute approximate surface area is 105 Å². The Morgan fingerprint density at radius 3 is 2.56 bits per heavy atom. The van der Waals surface area contributed by atoms with Crippen LogP contribution >= 0.6 is 0 Å². The van der Waals surface area contributed by atoms with Crippen molar-refractivity contribution in [3.8, 4) is 0 Å². The number of aryl methyl sites for hydroxylation is 2. The van der Waals surface area contributed by atoms with E-state index in [0.717, 1.165) is 5.69 Å². The quantitative estimate of drug-likeness (QED) is 0.882. The third kappa shape index (κ3) is 2.53. The van der Waals surface area contributed by atoms with Crippen molar-refractivity contribution in [3.63, 3.8) is 0 Å². The van der Waals surface area contributed by atoms with Gasteiger partial charge in [0.05, 0.1) is 16.9 Å². The lowest BCUT2D eigenvalue weighted by Crippen LogP contribution is -2.14. The fourth-order valence-electron chi connectivity index (χ4n) is 1.65. The summed E-state index contributed by atoms with van der Waals surface area (Å²) in [4.78, 5) is 16.1. The first-order chi connectivity index (χ1) is 8.58. The molecule has 0 aliphatic heterocycles. The second-order valence-electron chi connectivity index (χ2n) is 4.02. The summed E-state index contributed by atoms with van der Waals surface area (Å²) in [5, 5.41) is 2.65. The van der Waals surface area contributed by atoms with E-state index in [4.69, 9.17) is 0 Å². The van der Waals surface area contributed by atoms with Crippen LogP contribution < -0.4 is 5.32 Å². The zero-order valence-corrected chi connectivity index (χ0v) is 10.2. The van der Waals surface area contributed by atoms with Crippen molar-refractivity contribution < 1.29 is 9.18 Å². The van der Waals surface area contributed by atoms with Gasteiger partial charge in [-0.15, -0.1) is 0 Å². The number of benzene rings is 1. The van der Waals surface area contributed by atoms with Crippen LogP contribution in [-0.2, 0) is 0 Å². The third-order valence-corrected chi connectivity index (χ3v) is 2.59. The van der Waals surface area contributed by atoms with Gasteiger partial charge in [-0.25, -0.2) is 4.39 Å². The number of hydrogen-bond donors (Lipinski definition) is 1. The Hall–Kier alpha value is -2.23. The molecule has 1 N–H and O–H groups in total. The summed E-state index contributed by atoms with van der Waals surface area (Å²) in [5.41, 5.74) is 2.20. The summed E-state index contributed by atoms with van der Waals surface area (Å²) in [5.74, 6) is -1.01. The van der Waals surface area contributed by atoms with Gasteiger partial charge in [-0.3, -0.25) is 9.78 Å². The molecule has 1 aromatic heterocycles. The number of hydrogen-bond acceptors (Lipinski definition) is 2. The van der Waals surface area contributed by atoms with Crippen LogP contribution in [0, 0.1) is 19.7 Å². The van der Waals surface area contributed by atoms with Crippen LogP contribution in [0.4, 0.5) is 10.1 Å². The van der Waals surface area contributed by atoms with Crippen molar-refractivity contribution in [1.82, 2.24) is 4.98 Å². The topological polar surface area (TPSA) is 42.0 Å². The summed E-state index contributed by atoms with van der Waals surface area (Å²) >= 11 is 0. The average Bonchev–Trinajstić information content (AvgIpc) is 2.33. The van der Waals surface area contributed by atoms with E-state index in [2.05, 4.69) is 10.3 Å². The first-order valence-electron chi connectivity index (χ1n) is 5.58. The summed E-state index contributed by atoms with van der Waals surface area (Å²) < 4.78 is 13.4. The van der Waals surface area contributed by atoms with Crippen molar-refractivity contribution in [3.05, 3.63) is 59.2 Å². The minimum absolute atomic E-state index is 0.0254. The van der Waals surface area contributed by atoms with E-state index < -0.39 is 11.7 Å². The predicted molar refractivity (Wildman–Crippen MR) is 68.1 cm³/mol. The van der Waals surface area contributed by atoms with Crippen LogP contribution in [0.3, 0.4) is 0 Å². The molecule has 1 amide bonds. The minimum atomic E-state index is -0.535. The van der Waals surface area contributed by atoms with Gasteiger partial charge in [0.25, 0.3) is 5.91 Å². The molecule has 1 heterocycles. The molecule has 0 spiro atoms. The third-order valence-electron chi connectivity index (χ3n) is 2.59. The van der Waals surface area contributed by atoms with E-state index in [9.17, 15) is 9.18 Å². The zero-order chi connectivity index (χ0) is 13.1. The van der Waals surface area contributed by atoms with Crippen molar-refractivity contribution in [2.45, 2.75) is 13.8 Å². The highest BCUT2D eigenvalue weighted by Crippen LogP contribution is 2.15. The molecule has 3 nitrogen and oxygen atoms in total. The SMILES string of the molecule is Cc1ccc(NC(=O)c2ccccc2F)c(C)n1. The zero-order valence-electron chi connectivity index (χ0n) is 10.2. The van der Waals surface area contributed by atoms with E-state index in [1.165, 1.54) is 12.1 Å². The second-order valence-corrected chi connectivity index (χ2v) is 4.02. The second kappa shape index (κ2) is 4.96. The van der Waals surface area contributed by atoms with Crippen LogP contribution in [0.25, 0.3) is 0 Å². The number of halogens is 1. The molecular weight excluding hydrogens is 231 g/mol. The lowest BCUT2D eigenvalue weighted by molar-refractivity contribution is 0.102.